The summed E-state index contributed by atoms with van der Waals surface area (Å²) < 4.78 is 0. The van der Waals surface area contributed by atoms with Crippen molar-refractivity contribution in [1.82, 2.24) is 9.97 Å². The number of carbonyl (C=O) groups excluding carboxylic acids is 1. The molecule has 2 aromatic rings. The van der Waals surface area contributed by atoms with Gasteiger partial charge in [-0.3, -0.25) is 14.8 Å². The number of hydrogen-bond donors (Lipinski definition) is 1. The summed E-state index contributed by atoms with van der Waals surface area (Å²) in [6.07, 6.45) is 5.15. The third-order valence-electron chi connectivity index (χ3n) is 2.38. The maximum Gasteiger partial charge on any atom is 0.221 e. The highest BCUT2D eigenvalue weighted by atomic mass is 16.1. The lowest BCUT2D eigenvalue weighted by atomic mass is 10.1. The molecular formula is C13H13N3O. The summed E-state index contributed by atoms with van der Waals surface area (Å²) >= 11 is 0. The largest absolute Gasteiger partial charge is 0.325 e. The summed E-state index contributed by atoms with van der Waals surface area (Å²) in [4.78, 5) is 19.3. The number of hydrogen-bond acceptors (Lipinski definition) is 3. The Morgan fingerprint density at radius 2 is 2.18 bits per heavy atom. The molecule has 17 heavy (non-hydrogen) atoms. The van der Waals surface area contributed by atoms with Crippen LogP contribution in [0.15, 0.2) is 36.8 Å². The van der Waals surface area contributed by atoms with E-state index in [9.17, 15) is 4.79 Å². The van der Waals surface area contributed by atoms with E-state index in [0.717, 1.165) is 22.5 Å². The minimum atomic E-state index is -0.0935. The average molecular weight is 227 g/mol. The first-order valence-corrected chi connectivity index (χ1v) is 5.31. The predicted molar refractivity (Wildman–Crippen MR) is 66.5 cm³/mol. The van der Waals surface area contributed by atoms with Crippen molar-refractivity contribution in [3.05, 3.63) is 42.4 Å². The van der Waals surface area contributed by atoms with Crippen LogP contribution in [0.2, 0.25) is 0 Å². The minimum absolute atomic E-state index is 0.0935. The number of aryl methyl sites for hydroxylation is 1. The number of aromatic nitrogens is 2. The number of carbonyl (C=O) groups is 1. The van der Waals surface area contributed by atoms with Crippen LogP contribution in [-0.2, 0) is 4.79 Å². The first-order valence-electron chi connectivity index (χ1n) is 5.31. The molecule has 4 nitrogen and oxygen atoms in total. The topological polar surface area (TPSA) is 54.9 Å². The summed E-state index contributed by atoms with van der Waals surface area (Å²) in [6, 6.07) is 5.75. The molecule has 0 aliphatic rings. The van der Waals surface area contributed by atoms with Crippen molar-refractivity contribution in [2.75, 3.05) is 5.32 Å². The molecule has 0 radical (unpaired) electrons. The van der Waals surface area contributed by atoms with Crippen molar-refractivity contribution < 1.29 is 4.79 Å². The summed E-state index contributed by atoms with van der Waals surface area (Å²) in [5, 5.41) is 2.73. The Morgan fingerprint density at radius 3 is 2.76 bits per heavy atom. The van der Waals surface area contributed by atoms with E-state index < -0.39 is 0 Å². The molecule has 1 amide bonds. The van der Waals surface area contributed by atoms with Gasteiger partial charge in [-0.1, -0.05) is 0 Å². The van der Waals surface area contributed by atoms with Crippen LogP contribution in [0.4, 0.5) is 5.69 Å². The molecule has 2 heterocycles. The van der Waals surface area contributed by atoms with E-state index in [1.54, 1.807) is 18.6 Å². The number of pyridine rings is 2. The van der Waals surface area contributed by atoms with E-state index in [1.165, 1.54) is 6.92 Å². The van der Waals surface area contributed by atoms with Gasteiger partial charge in [0.2, 0.25) is 5.91 Å². The molecule has 0 aliphatic heterocycles. The second-order valence-corrected chi connectivity index (χ2v) is 3.81. The normalized spacial score (nSPS) is 10.0. The highest BCUT2D eigenvalue weighted by Gasteiger charge is 2.04. The Kier molecular flexibility index (Phi) is 3.14. The molecule has 0 aromatic carbocycles. The monoisotopic (exact) mass is 227 g/mol. The third-order valence-corrected chi connectivity index (χ3v) is 2.38. The molecule has 0 fully saturated rings. The molecule has 0 bridgehead atoms. The van der Waals surface area contributed by atoms with Gasteiger partial charge in [0, 0.05) is 24.9 Å². The van der Waals surface area contributed by atoms with Gasteiger partial charge in [-0.25, -0.2) is 0 Å². The van der Waals surface area contributed by atoms with Gasteiger partial charge in [0.25, 0.3) is 0 Å². The van der Waals surface area contributed by atoms with E-state index in [2.05, 4.69) is 15.3 Å². The molecule has 0 spiro atoms. The minimum Gasteiger partial charge on any atom is -0.325 e. The lowest BCUT2D eigenvalue weighted by Gasteiger charge is -2.07. The van der Waals surface area contributed by atoms with E-state index >= 15 is 0 Å². The Morgan fingerprint density at radius 1 is 1.35 bits per heavy atom. The maximum atomic E-state index is 11.0. The maximum absolute atomic E-state index is 11.0. The number of amides is 1. The fourth-order valence-electron chi connectivity index (χ4n) is 1.55. The van der Waals surface area contributed by atoms with Crippen LogP contribution in [-0.4, -0.2) is 15.9 Å². The lowest BCUT2D eigenvalue weighted by molar-refractivity contribution is -0.114. The quantitative estimate of drug-likeness (QED) is 0.857. The second-order valence-electron chi connectivity index (χ2n) is 3.81. The Balaban J connectivity index is 2.34. The van der Waals surface area contributed by atoms with Gasteiger partial charge in [-0.05, 0) is 30.7 Å². The van der Waals surface area contributed by atoms with Crippen molar-refractivity contribution in [1.29, 1.82) is 0 Å². The SMILES string of the molecule is CC(=O)Nc1cnc(-c2cccnc2)cc1C. The van der Waals surface area contributed by atoms with Gasteiger partial charge < -0.3 is 5.32 Å². The van der Waals surface area contributed by atoms with Gasteiger partial charge in [0.05, 0.1) is 17.6 Å². The van der Waals surface area contributed by atoms with Crippen molar-refractivity contribution >= 4 is 11.6 Å². The number of nitrogens with one attached hydrogen (secondary N) is 1. The first-order chi connectivity index (χ1) is 8.16. The van der Waals surface area contributed by atoms with Crippen LogP contribution >= 0.6 is 0 Å². The zero-order chi connectivity index (χ0) is 12.3. The molecule has 0 atom stereocenters. The zero-order valence-electron chi connectivity index (χ0n) is 9.77. The van der Waals surface area contributed by atoms with Gasteiger partial charge in [0.15, 0.2) is 0 Å². The number of anilines is 1. The van der Waals surface area contributed by atoms with Gasteiger partial charge in [-0.2, -0.15) is 0 Å². The highest BCUT2D eigenvalue weighted by molar-refractivity contribution is 5.89. The van der Waals surface area contributed by atoms with Gasteiger partial charge >= 0.3 is 0 Å². The van der Waals surface area contributed by atoms with Crippen LogP contribution in [0.25, 0.3) is 11.3 Å². The molecule has 0 unspecified atom stereocenters. The smallest absolute Gasteiger partial charge is 0.221 e. The summed E-state index contributed by atoms with van der Waals surface area (Å²) in [5.41, 5.74) is 3.54. The summed E-state index contributed by atoms with van der Waals surface area (Å²) in [5.74, 6) is -0.0935. The van der Waals surface area contributed by atoms with Crippen LogP contribution in [0.1, 0.15) is 12.5 Å². The molecule has 4 heteroatoms. The zero-order valence-corrected chi connectivity index (χ0v) is 9.77. The Labute approximate surface area is 99.7 Å². The van der Waals surface area contributed by atoms with Crippen molar-refractivity contribution in [2.45, 2.75) is 13.8 Å². The molecule has 0 saturated carbocycles. The molecule has 2 rings (SSSR count). The third kappa shape index (κ3) is 2.66. The van der Waals surface area contributed by atoms with Crippen LogP contribution in [0.5, 0.6) is 0 Å². The number of nitrogens with zero attached hydrogens (tertiary/aromatic N) is 2. The van der Waals surface area contributed by atoms with E-state index in [1.807, 2.05) is 25.1 Å². The van der Waals surface area contributed by atoms with Gasteiger partial charge in [-0.15, -0.1) is 0 Å². The Bertz CT molecular complexity index is 538. The van der Waals surface area contributed by atoms with Crippen LogP contribution < -0.4 is 5.32 Å². The second kappa shape index (κ2) is 4.74. The van der Waals surface area contributed by atoms with Crippen molar-refractivity contribution in [3.63, 3.8) is 0 Å². The fourth-order valence-corrected chi connectivity index (χ4v) is 1.55. The van der Waals surface area contributed by atoms with E-state index in [-0.39, 0.29) is 5.91 Å². The standard InChI is InChI=1S/C13H13N3O/c1-9-6-12(11-4-3-5-14-7-11)15-8-13(9)16-10(2)17/h3-8H,1-2H3,(H,16,17). The average Bonchev–Trinajstić information content (AvgIpc) is 2.32. The van der Waals surface area contributed by atoms with Crippen molar-refractivity contribution in [3.8, 4) is 11.3 Å². The molecular weight excluding hydrogens is 214 g/mol. The predicted octanol–water partition coefficient (Wildman–Crippen LogP) is 2.41. The summed E-state index contributed by atoms with van der Waals surface area (Å²) in [6.45, 7) is 3.42. The lowest BCUT2D eigenvalue weighted by Crippen LogP contribution is -2.07. The van der Waals surface area contributed by atoms with Gasteiger partial charge in [0.1, 0.15) is 0 Å². The van der Waals surface area contributed by atoms with Crippen LogP contribution in [0, 0.1) is 6.92 Å². The molecule has 86 valence electrons. The summed E-state index contributed by atoms with van der Waals surface area (Å²) in [7, 11) is 0. The van der Waals surface area contributed by atoms with E-state index in [0.29, 0.717) is 0 Å². The Hall–Kier alpha value is -2.23. The molecule has 2 aromatic heterocycles. The first kappa shape index (κ1) is 11.3. The molecule has 1 N–H and O–H groups in total. The van der Waals surface area contributed by atoms with Crippen LogP contribution in [0.3, 0.4) is 0 Å². The number of rotatable bonds is 2. The fraction of sp³-hybridized carbons (Fsp3) is 0.154. The van der Waals surface area contributed by atoms with Crippen molar-refractivity contribution in [2.24, 2.45) is 0 Å². The molecule has 0 saturated heterocycles. The molecule has 0 aliphatic carbocycles. The highest BCUT2D eigenvalue weighted by Crippen LogP contribution is 2.21. The van der Waals surface area contributed by atoms with E-state index in [4.69, 9.17) is 0 Å².